The first-order chi connectivity index (χ1) is 10.6. The molecule has 0 heterocycles. The summed E-state index contributed by atoms with van der Waals surface area (Å²) in [6.45, 7) is -0.897. The van der Waals surface area contributed by atoms with Crippen molar-refractivity contribution in [3.05, 3.63) is 34.1 Å². The Morgan fingerprint density at radius 3 is 2.48 bits per heavy atom. The van der Waals surface area contributed by atoms with Crippen LogP contribution >= 0.6 is 11.6 Å². The predicted molar refractivity (Wildman–Crippen MR) is 72.6 cm³/mol. The summed E-state index contributed by atoms with van der Waals surface area (Å²) in [7, 11) is 1.19. The molecule has 5 nitrogen and oxygen atoms in total. The summed E-state index contributed by atoms with van der Waals surface area (Å²) in [5, 5.41) is 10.1. The Bertz CT molecular complexity index is 658. The number of aliphatic carboxylic acids is 1. The summed E-state index contributed by atoms with van der Waals surface area (Å²) in [5.74, 6) is -4.75. The van der Waals surface area contributed by atoms with Gasteiger partial charge >= 0.3 is 18.1 Å². The number of carbonyl (C=O) groups excluding carboxylic acids is 1. The Hall–Kier alpha value is -2.29. The van der Waals surface area contributed by atoms with Gasteiger partial charge in [-0.05, 0) is 12.1 Å². The molecule has 126 valence electrons. The van der Waals surface area contributed by atoms with Crippen LogP contribution in [0.2, 0.25) is 5.02 Å². The number of methoxy groups -OCH3 is 1. The van der Waals surface area contributed by atoms with Gasteiger partial charge < -0.3 is 15.2 Å². The highest BCUT2D eigenvalue weighted by atomic mass is 35.5. The minimum atomic E-state index is -5.14. The van der Waals surface area contributed by atoms with Crippen molar-refractivity contribution in [1.29, 1.82) is 0 Å². The maximum Gasteiger partial charge on any atom is 0.471 e. The second-order valence-electron chi connectivity index (χ2n) is 4.16. The zero-order valence-electron chi connectivity index (χ0n) is 11.5. The van der Waals surface area contributed by atoms with E-state index in [9.17, 15) is 27.2 Å². The molecule has 0 spiro atoms. The van der Waals surface area contributed by atoms with Crippen LogP contribution in [0, 0.1) is 5.82 Å². The van der Waals surface area contributed by atoms with Crippen molar-refractivity contribution in [3.63, 3.8) is 0 Å². The summed E-state index contributed by atoms with van der Waals surface area (Å²) >= 11 is 5.57. The SMILES string of the molecule is COc1cc(F)c(Cl)cc1C=C(CNC(=O)C(F)(F)F)C(=O)O. The van der Waals surface area contributed by atoms with Crippen LogP contribution in [0.4, 0.5) is 17.6 Å². The van der Waals surface area contributed by atoms with Crippen LogP contribution in [0.25, 0.3) is 6.08 Å². The molecule has 0 saturated heterocycles. The van der Waals surface area contributed by atoms with E-state index in [1.54, 1.807) is 0 Å². The monoisotopic (exact) mass is 355 g/mol. The first-order valence-corrected chi connectivity index (χ1v) is 6.26. The molecule has 0 saturated carbocycles. The maximum absolute atomic E-state index is 13.3. The third-order valence-corrected chi connectivity index (χ3v) is 2.86. The van der Waals surface area contributed by atoms with E-state index in [-0.39, 0.29) is 16.3 Å². The number of carboxylic acids is 1. The fourth-order valence-corrected chi connectivity index (χ4v) is 1.66. The van der Waals surface area contributed by atoms with E-state index < -0.39 is 36.0 Å². The van der Waals surface area contributed by atoms with E-state index in [0.717, 1.165) is 18.2 Å². The van der Waals surface area contributed by atoms with E-state index in [4.69, 9.17) is 21.4 Å². The van der Waals surface area contributed by atoms with Gasteiger partial charge in [0.1, 0.15) is 11.6 Å². The van der Waals surface area contributed by atoms with Crippen molar-refractivity contribution in [2.75, 3.05) is 13.7 Å². The van der Waals surface area contributed by atoms with Crippen LogP contribution in [0.3, 0.4) is 0 Å². The molecule has 2 N–H and O–H groups in total. The van der Waals surface area contributed by atoms with Crippen LogP contribution in [0.15, 0.2) is 17.7 Å². The van der Waals surface area contributed by atoms with Gasteiger partial charge in [0.05, 0.1) is 24.3 Å². The largest absolute Gasteiger partial charge is 0.496 e. The van der Waals surface area contributed by atoms with Crippen molar-refractivity contribution in [1.82, 2.24) is 5.32 Å². The zero-order chi connectivity index (χ0) is 17.8. The number of carbonyl (C=O) groups is 2. The van der Waals surface area contributed by atoms with Crippen LogP contribution in [0.1, 0.15) is 5.56 Å². The van der Waals surface area contributed by atoms with Crippen molar-refractivity contribution in [2.24, 2.45) is 0 Å². The molecular formula is C13H10ClF4NO4. The topological polar surface area (TPSA) is 75.6 Å². The second kappa shape index (κ2) is 7.32. The third-order valence-electron chi connectivity index (χ3n) is 2.57. The molecule has 1 aromatic rings. The Morgan fingerprint density at radius 1 is 1.39 bits per heavy atom. The van der Waals surface area contributed by atoms with Crippen LogP contribution in [-0.4, -0.2) is 36.8 Å². The molecule has 0 aliphatic rings. The van der Waals surface area contributed by atoms with E-state index in [1.807, 2.05) is 0 Å². The minimum Gasteiger partial charge on any atom is -0.496 e. The smallest absolute Gasteiger partial charge is 0.471 e. The first-order valence-electron chi connectivity index (χ1n) is 5.88. The van der Waals surface area contributed by atoms with E-state index >= 15 is 0 Å². The predicted octanol–water partition coefficient (Wildman–Crippen LogP) is 2.63. The Labute approximate surface area is 132 Å². The van der Waals surface area contributed by atoms with Crippen molar-refractivity contribution < 1.29 is 37.0 Å². The molecular weight excluding hydrogens is 346 g/mol. The highest BCUT2D eigenvalue weighted by molar-refractivity contribution is 6.31. The quantitative estimate of drug-likeness (QED) is 0.629. The normalized spacial score (nSPS) is 12.0. The lowest BCUT2D eigenvalue weighted by Crippen LogP contribution is -2.38. The van der Waals surface area contributed by atoms with Crippen LogP contribution in [0.5, 0.6) is 5.75 Å². The highest BCUT2D eigenvalue weighted by Crippen LogP contribution is 2.28. The zero-order valence-corrected chi connectivity index (χ0v) is 12.3. The molecule has 0 atom stereocenters. The molecule has 0 unspecified atom stereocenters. The third kappa shape index (κ3) is 5.13. The molecule has 1 rings (SSSR count). The minimum absolute atomic E-state index is 0.0255. The molecule has 1 aromatic carbocycles. The molecule has 10 heteroatoms. The molecule has 0 bridgehead atoms. The lowest BCUT2D eigenvalue weighted by Gasteiger charge is -2.10. The molecule has 1 amide bonds. The first kappa shape index (κ1) is 18.8. The van der Waals surface area contributed by atoms with Gasteiger partial charge in [-0.15, -0.1) is 0 Å². The fraction of sp³-hybridized carbons (Fsp3) is 0.231. The number of benzene rings is 1. The van der Waals surface area contributed by atoms with Gasteiger partial charge in [0.25, 0.3) is 0 Å². The number of ether oxygens (including phenoxy) is 1. The summed E-state index contributed by atoms with van der Waals surface area (Å²) in [6, 6.07) is 1.94. The number of halogens is 5. The maximum atomic E-state index is 13.3. The summed E-state index contributed by atoms with van der Waals surface area (Å²) in [4.78, 5) is 21.8. The highest BCUT2D eigenvalue weighted by Gasteiger charge is 2.38. The van der Waals surface area contributed by atoms with Crippen LogP contribution < -0.4 is 10.1 Å². The molecule has 0 aromatic heterocycles. The Kier molecular flexibility index (Phi) is 5.97. The Balaban J connectivity index is 3.11. The number of hydrogen-bond acceptors (Lipinski definition) is 3. The van der Waals surface area contributed by atoms with E-state index in [0.29, 0.717) is 0 Å². The van der Waals surface area contributed by atoms with E-state index in [1.165, 1.54) is 12.4 Å². The summed E-state index contributed by atoms with van der Waals surface area (Å²) in [5.41, 5.74) is -0.555. The number of amides is 1. The van der Waals surface area contributed by atoms with Crippen molar-refractivity contribution in [3.8, 4) is 5.75 Å². The fourth-order valence-electron chi connectivity index (χ4n) is 1.49. The van der Waals surface area contributed by atoms with Gasteiger partial charge in [0.2, 0.25) is 0 Å². The van der Waals surface area contributed by atoms with Gasteiger partial charge in [-0.25, -0.2) is 9.18 Å². The second-order valence-corrected chi connectivity index (χ2v) is 4.57. The molecule has 0 radical (unpaired) electrons. The van der Waals surface area contributed by atoms with Gasteiger partial charge in [0.15, 0.2) is 0 Å². The number of hydrogen-bond donors (Lipinski definition) is 2. The lowest BCUT2D eigenvalue weighted by atomic mass is 10.1. The van der Waals surface area contributed by atoms with Crippen molar-refractivity contribution >= 4 is 29.6 Å². The number of nitrogens with one attached hydrogen (secondary N) is 1. The number of alkyl halides is 3. The van der Waals surface area contributed by atoms with Gasteiger partial charge in [-0.3, -0.25) is 4.79 Å². The lowest BCUT2D eigenvalue weighted by molar-refractivity contribution is -0.173. The van der Waals surface area contributed by atoms with Crippen LogP contribution in [-0.2, 0) is 9.59 Å². The number of carboxylic acid groups (broad SMARTS) is 1. The molecule has 23 heavy (non-hydrogen) atoms. The van der Waals surface area contributed by atoms with Gasteiger partial charge in [-0.1, -0.05) is 11.6 Å². The molecule has 0 aliphatic heterocycles. The van der Waals surface area contributed by atoms with Gasteiger partial charge in [0, 0.05) is 11.6 Å². The summed E-state index contributed by atoms with van der Waals surface area (Å²) < 4.78 is 54.4. The molecule has 0 aliphatic carbocycles. The summed E-state index contributed by atoms with van der Waals surface area (Å²) in [6.07, 6.45) is -4.22. The molecule has 0 fully saturated rings. The van der Waals surface area contributed by atoms with E-state index in [2.05, 4.69) is 0 Å². The van der Waals surface area contributed by atoms with Crippen molar-refractivity contribution in [2.45, 2.75) is 6.18 Å². The Morgan fingerprint density at radius 2 is 2.00 bits per heavy atom. The standard InChI is InChI=1S/C13H10ClF4NO4/c1-23-10-4-9(15)8(14)3-6(10)2-7(11(20)21)5-19-12(22)13(16,17)18/h2-4H,5H2,1H3,(H,19,22)(H,20,21). The average Bonchev–Trinajstić information content (AvgIpc) is 2.44. The average molecular weight is 356 g/mol. The number of rotatable bonds is 5. The van der Waals surface area contributed by atoms with Gasteiger partial charge in [-0.2, -0.15) is 13.2 Å².